The minimum Gasteiger partial charge on any atom is -0.444 e. The molecular formula is C11H19NO3. The first kappa shape index (κ1) is 12.0. The van der Waals surface area contributed by atoms with Gasteiger partial charge in [0, 0.05) is 6.04 Å². The van der Waals surface area contributed by atoms with E-state index >= 15 is 0 Å². The molecule has 1 aliphatic rings. The average molecular weight is 213 g/mol. The number of amides is 1. The molecule has 1 rings (SSSR count). The first-order valence-corrected chi connectivity index (χ1v) is 5.32. The average Bonchev–Trinajstić information content (AvgIpc) is 2.43. The molecule has 2 atom stereocenters. The van der Waals surface area contributed by atoms with Gasteiger partial charge in [0.1, 0.15) is 11.9 Å². The summed E-state index contributed by atoms with van der Waals surface area (Å²) in [5.41, 5.74) is -0.507. The number of aldehydes is 1. The Morgan fingerprint density at radius 1 is 1.40 bits per heavy atom. The van der Waals surface area contributed by atoms with Gasteiger partial charge in [-0.2, -0.15) is 0 Å². The summed E-state index contributed by atoms with van der Waals surface area (Å²) in [7, 11) is 0. The first-order chi connectivity index (χ1) is 6.85. The maximum absolute atomic E-state index is 11.8. The van der Waals surface area contributed by atoms with Crippen molar-refractivity contribution in [1.29, 1.82) is 0 Å². The third-order valence-corrected chi connectivity index (χ3v) is 2.47. The molecule has 4 nitrogen and oxygen atoms in total. The summed E-state index contributed by atoms with van der Waals surface area (Å²) >= 11 is 0. The predicted octanol–water partition coefficient (Wildman–Crippen LogP) is 1.97. The van der Waals surface area contributed by atoms with E-state index in [0.717, 1.165) is 19.1 Å². The quantitative estimate of drug-likeness (QED) is 0.626. The zero-order chi connectivity index (χ0) is 11.6. The molecule has 86 valence electrons. The van der Waals surface area contributed by atoms with E-state index in [1.165, 1.54) is 4.90 Å². The molecule has 0 spiro atoms. The van der Waals surface area contributed by atoms with Crippen LogP contribution in [0.1, 0.15) is 40.5 Å². The van der Waals surface area contributed by atoms with Gasteiger partial charge in [0.25, 0.3) is 0 Å². The second kappa shape index (κ2) is 4.21. The molecule has 0 bridgehead atoms. The molecule has 0 aromatic carbocycles. The van der Waals surface area contributed by atoms with Crippen molar-refractivity contribution in [2.24, 2.45) is 0 Å². The summed E-state index contributed by atoms with van der Waals surface area (Å²) in [6, 6.07) is -0.218. The van der Waals surface area contributed by atoms with E-state index in [0.29, 0.717) is 0 Å². The van der Waals surface area contributed by atoms with Gasteiger partial charge in [-0.1, -0.05) is 0 Å². The number of hydrogen-bond donors (Lipinski definition) is 0. The predicted molar refractivity (Wildman–Crippen MR) is 56.6 cm³/mol. The van der Waals surface area contributed by atoms with Crippen molar-refractivity contribution >= 4 is 12.4 Å². The Morgan fingerprint density at radius 2 is 2.00 bits per heavy atom. The van der Waals surface area contributed by atoms with Crippen LogP contribution >= 0.6 is 0 Å². The Balaban J connectivity index is 2.68. The van der Waals surface area contributed by atoms with Crippen molar-refractivity contribution in [2.75, 3.05) is 0 Å². The van der Waals surface area contributed by atoms with Gasteiger partial charge in [0.05, 0.1) is 6.04 Å². The molecule has 0 aliphatic carbocycles. The van der Waals surface area contributed by atoms with E-state index in [1.54, 1.807) is 0 Å². The number of ether oxygens (including phenoxy) is 1. The molecule has 0 unspecified atom stereocenters. The Kier molecular flexibility index (Phi) is 3.37. The molecule has 0 radical (unpaired) electrons. The number of carbonyl (C=O) groups excluding carboxylic acids is 2. The van der Waals surface area contributed by atoms with Gasteiger partial charge >= 0.3 is 6.09 Å². The van der Waals surface area contributed by atoms with Crippen LogP contribution in [0.25, 0.3) is 0 Å². The molecule has 0 N–H and O–H groups in total. The molecule has 1 heterocycles. The van der Waals surface area contributed by atoms with Crippen LogP contribution in [0.2, 0.25) is 0 Å². The Morgan fingerprint density at radius 3 is 2.47 bits per heavy atom. The van der Waals surface area contributed by atoms with Crippen LogP contribution in [-0.4, -0.2) is 35.0 Å². The Hall–Kier alpha value is -1.06. The number of hydrogen-bond acceptors (Lipinski definition) is 3. The van der Waals surface area contributed by atoms with Crippen LogP contribution in [0.5, 0.6) is 0 Å². The summed E-state index contributed by atoms with van der Waals surface area (Å²) < 4.78 is 5.25. The highest BCUT2D eigenvalue weighted by molar-refractivity contribution is 5.74. The van der Waals surface area contributed by atoms with Crippen molar-refractivity contribution in [1.82, 2.24) is 4.90 Å². The van der Waals surface area contributed by atoms with Gasteiger partial charge in [0.2, 0.25) is 0 Å². The smallest absolute Gasteiger partial charge is 0.411 e. The van der Waals surface area contributed by atoms with E-state index < -0.39 is 5.60 Å². The van der Waals surface area contributed by atoms with Crippen molar-refractivity contribution in [2.45, 2.75) is 58.2 Å². The molecule has 1 fully saturated rings. The lowest BCUT2D eigenvalue weighted by molar-refractivity contribution is -0.112. The van der Waals surface area contributed by atoms with Gasteiger partial charge in [-0.15, -0.1) is 0 Å². The minimum atomic E-state index is -0.507. The van der Waals surface area contributed by atoms with E-state index in [2.05, 4.69) is 0 Å². The monoisotopic (exact) mass is 213 g/mol. The number of rotatable bonds is 1. The fourth-order valence-corrected chi connectivity index (χ4v) is 1.78. The molecule has 4 heteroatoms. The third-order valence-electron chi connectivity index (χ3n) is 2.47. The highest BCUT2D eigenvalue weighted by Gasteiger charge is 2.36. The lowest BCUT2D eigenvalue weighted by Gasteiger charge is -2.29. The summed E-state index contributed by atoms with van der Waals surface area (Å²) in [4.78, 5) is 24.1. The maximum atomic E-state index is 11.8. The van der Waals surface area contributed by atoms with Crippen LogP contribution in [0.4, 0.5) is 4.79 Å². The van der Waals surface area contributed by atoms with Crippen molar-refractivity contribution in [3.8, 4) is 0 Å². The number of carbonyl (C=O) groups is 2. The van der Waals surface area contributed by atoms with E-state index in [-0.39, 0.29) is 18.2 Å². The minimum absolute atomic E-state index is 0.0926. The normalized spacial score (nSPS) is 26.5. The van der Waals surface area contributed by atoms with E-state index in [9.17, 15) is 9.59 Å². The molecule has 15 heavy (non-hydrogen) atoms. The van der Waals surface area contributed by atoms with E-state index in [4.69, 9.17) is 4.74 Å². The standard InChI is InChI=1S/C11H19NO3/c1-8-5-6-9(7-13)12(8)10(14)15-11(2,3)4/h7-9H,5-6H2,1-4H3/t8-,9-/m1/s1. The summed E-state index contributed by atoms with van der Waals surface area (Å²) in [6.07, 6.45) is 2.05. The topological polar surface area (TPSA) is 46.6 Å². The molecule has 1 amide bonds. The summed E-state index contributed by atoms with van der Waals surface area (Å²) in [6.45, 7) is 7.40. The van der Waals surface area contributed by atoms with Crippen molar-refractivity contribution in [3.05, 3.63) is 0 Å². The van der Waals surface area contributed by atoms with Crippen LogP contribution in [0, 0.1) is 0 Å². The lowest BCUT2D eigenvalue weighted by atomic mass is 10.2. The van der Waals surface area contributed by atoms with Crippen LogP contribution < -0.4 is 0 Å². The van der Waals surface area contributed by atoms with Gasteiger partial charge in [0.15, 0.2) is 0 Å². The molecule has 0 aromatic heterocycles. The Bertz CT molecular complexity index is 257. The van der Waals surface area contributed by atoms with Crippen molar-refractivity contribution in [3.63, 3.8) is 0 Å². The maximum Gasteiger partial charge on any atom is 0.411 e. The largest absolute Gasteiger partial charge is 0.444 e. The van der Waals surface area contributed by atoms with Gasteiger partial charge in [-0.3, -0.25) is 4.90 Å². The second-order valence-electron chi connectivity index (χ2n) is 5.02. The number of nitrogens with zero attached hydrogens (tertiary/aromatic N) is 1. The van der Waals surface area contributed by atoms with Crippen molar-refractivity contribution < 1.29 is 14.3 Å². The van der Waals surface area contributed by atoms with E-state index in [1.807, 2.05) is 27.7 Å². The van der Waals surface area contributed by atoms with Gasteiger partial charge in [-0.25, -0.2) is 4.79 Å². The van der Waals surface area contributed by atoms with Crippen LogP contribution in [0.3, 0.4) is 0 Å². The van der Waals surface area contributed by atoms with Crippen LogP contribution in [0.15, 0.2) is 0 Å². The fraction of sp³-hybridized carbons (Fsp3) is 0.818. The second-order valence-corrected chi connectivity index (χ2v) is 5.02. The summed E-state index contributed by atoms with van der Waals surface area (Å²) in [5, 5.41) is 0. The molecule has 1 aliphatic heterocycles. The number of likely N-dealkylation sites (tertiary alicyclic amines) is 1. The molecular weight excluding hydrogens is 194 g/mol. The first-order valence-electron chi connectivity index (χ1n) is 5.32. The highest BCUT2D eigenvalue weighted by Crippen LogP contribution is 2.24. The van der Waals surface area contributed by atoms with Gasteiger partial charge in [-0.05, 0) is 40.5 Å². The molecule has 0 aromatic rings. The lowest BCUT2D eigenvalue weighted by Crippen LogP contribution is -2.43. The van der Waals surface area contributed by atoms with Crippen LogP contribution in [-0.2, 0) is 9.53 Å². The molecule has 1 saturated heterocycles. The summed E-state index contributed by atoms with van der Waals surface area (Å²) in [5.74, 6) is 0. The Labute approximate surface area is 90.6 Å². The zero-order valence-corrected chi connectivity index (χ0v) is 9.82. The third kappa shape index (κ3) is 2.94. The highest BCUT2D eigenvalue weighted by atomic mass is 16.6. The fourth-order valence-electron chi connectivity index (χ4n) is 1.78. The zero-order valence-electron chi connectivity index (χ0n) is 9.82. The molecule has 0 saturated carbocycles. The SMILES string of the molecule is C[C@@H]1CC[C@H](C=O)N1C(=O)OC(C)(C)C. The van der Waals surface area contributed by atoms with Gasteiger partial charge < -0.3 is 9.53 Å².